The standard InChI is InChI=1S/C25H19N3O2/c1-18-6-2-5-9-24(18)28-25(29)22(16-27)14-19-10-12-23(13-11-19)30-17-21-8-4-3-7-20(21)15-26/h2-14H,17H2,1H3,(H,28,29)/b22-14-. The number of hydrogen-bond donors (Lipinski definition) is 1. The van der Waals surface area contributed by atoms with Crippen LogP contribution in [0.5, 0.6) is 5.75 Å². The molecular weight excluding hydrogens is 374 g/mol. The van der Waals surface area contributed by atoms with Gasteiger partial charge in [0.25, 0.3) is 5.91 Å². The lowest BCUT2D eigenvalue weighted by molar-refractivity contribution is -0.112. The third-order valence-corrected chi connectivity index (χ3v) is 4.48. The highest BCUT2D eigenvalue weighted by Gasteiger charge is 2.10. The van der Waals surface area contributed by atoms with Crippen molar-refractivity contribution >= 4 is 17.7 Å². The third kappa shape index (κ3) is 5.13. The molecule has 1 N–H and O–H groups in total. The molecule has 0 saturated carbocycles. The van der Waals surface area contributed by atoms with Gasteiger partial charge < -0.3 is 10.1 Å². The van der Waals surface area contributed by atoms with Crippen molar-refractivity contribution in [3.8, 4) is 17.9 Å². The van der Waals surface area contributed by atoms with E-state index in [1.165, 1.54) is 6.08 Å². The second-order valence-electron chi connectivity index (χ2n) is 6.57. The van der Waals surface area contributed by atoms with E-state index in [2.05, 4.69) is 11.4 Å². The highest BCUT2D eigenvalue weighted by atomic mass is 16.5. The summed E-state index contributed by atoms with van der Waals surface area (Å²) in [7, 11) is 0. The predicted octanol–water partition coefficient (Wildman–Crippen LogP) is 4.99. The molecule has 1 amide bonds. The maximum absolute atomic E-state index is 12.4. The molecule has 3 aromatic rings. The number of anilines is 1. The molecule has 0 atom stereocenters. The number of aryl methyl sites for hydroxylation is 1. The molecule has 3 rings (SSSR count). The molecule has 146 valence electrons. The highest BCUT2D eigenvalue weighted by Crippen LogP contribution is 2.19. The molecular formula is C25H19N3O2. The van der Waals surface area contributed by atoms with E-state index in [1.807, 2.05) is 49.4 Å². The lowest BCUT2D eigenvalue weighted by Gasteiger charge is -2.08. The zero-order valence-electron chi connectivity index (χ0n) is 16.4. The van der Waals surface area contributed by atoms with Gasteiger partial charge in [0.05, 0.1) is 11.6 Å². The molecule has 5 nitrogen and oxygen atoms in total. The second kappa shape index (κ2) is 9.73. The molecule has 0 radical (unpaired) electrons. The Hall–Kier alpha value is -4.35. The Morgan fingerprint density at radius 2 is 1.70 bits per heavy atom. The number of nitriles is 2. The summed E-state index contributed by atoms with van der Waals surface area (Å²) in [5.41, 5.74) is 3.69. The van der Waals surface area contributed by atoms with Crippen LogP contribution in [0.4, 0.5) is 5.69 Å². The largest absolute Gasteiger partial charge is 0.489 e. The van der Waals surface area contributed by atoms with Crippen molar-refractivity contribution in [2.45, 2.75) is 13.5 Å². The molecule has 30 heavy (non-hydrogen) atoms. The monoisotopic (exact) mass is 393 g/mol. The predicted molar refractivity (Wildman–Crippen MR) is 115 cm³/mol. The maximum atomic E-state index is 12.4. The molecule has 0 saturated heterocycles. The molecule has 3 aromatic carbocycles. The molecule has 0 bridgehead atoms. The van der Waals surface area contributed by atoms with E-state index in [-0.39, 0.29) is 12.2 Å². The summed E-state index contributed by atoms with van der Waals surface area (Å²) in [6.45, 7) is 2.17. The van der Waals surface area contributed by atoms with E-state index >= 15 is 0 Å². The fourth-order valence-corrected chi connectivity index (χ4v) is 2.79. The molecule has 0 aliphatic heterocycles. The Morgan fingerprint density at radius 3 is 2.40 bits per heavy atom. The number of rotatable bonds is 6. The van der Waals surface area contributed by atoms with Gasteiger partial charge in [-0.3, -0.25) is 4.79 Å². The molecule has 0 aliphatic rings. The van der Waals surface area contributed by atoms with Crippen molar-refractivity contribution in [1.82, 2.24) is 0 Å². The summed E-state index contributed by atoms with van der Waals surface area (Å²) >= 11 is 0. The number of amides is 1. The topological polar surface area (TPSA) is 85.9 Å². The van der Waals surface area contributed by atoms with E-state index in [0.29, 0.717) is 22.6 Å². The summed E-state index contributed by atoms with van der Waals surface area (Å²) in [5, 5.41) is 21.3. The van der Waals surface area contributed by atoms with Crippen LogP contribution in [0.1, 0.15) is 22.3 Å². The first kappa shape index (κ1) is 20.4. The third-order valence-electron chi connectivity index (χ3n) is 4.48. The summed E-state index contributed by atoms with van der Waals surface area (Å²) in [5.74, 6) is 0.169. The van der Waals surface area contributed by atoms with Crippen molar-refractivity contribution in [3.05, 3.63) is 101 Å². The maximum Gasteiger partial charge on any atom is 0.266 e. The van der Waals surface area contributed by atoms with E-state index in [1.54, 1.807) is 36.4 Å². The molecule has 0 aromatic heterocycles. The Kier molecular flexibility index (Phi) is 6.61. The minimum atomic E-state index is -0.458. The average molecular weight is 393 g/mol. The highest BCUT2D eigenvalue weighted by molar-refractivity contribution is 6.09. The Balaban J connectivity index is 1.68. The summed E-state index contributed by atoms with van der Waals surface area (Å²) in [6, 6.07) is 25.8. The van der Waals surface area contributed by atoms with Crippen LogP contribution in [0.3, 0.4) is 0 Å². The Morgan fingerprint density at radius 1 is 1.00 bits per heavy atom. The summed E-state index contributed by atoms with van der Waals surface area (Å²) < 4.78 is 5.74. The van der Waals surface area contributed by atoms with E-state index < -0.39 is 5.91 Å². The summed E-state index contributed by atoms with van der Waals surface area (Å²) in [4.78, 5) is 12.4. The van der Waals surface area contributed by atoms with Crippen LogP contribution in [0.2, 0.25) is 0 Å². The molecule has 0 heterocycles. The van der Waals surface area contributed by atoms with Crippen LogP contribution >= 0.6 is 0 Å². The number of para-hydroxylation sites is 1. The van der Waals surface area contributed by atoms with Crippen LogP contribution in [0.25, 0.3) is 6.08 Å². The minimum Gasteiger partial charge on any atom is -0.489 e. The number of hydrogen-bond acceptors (Lipinski definition) is 4. The van der Waals surface area contributed by atoms with Gasteiger partial charge >= 0.3 is 0 Å². The van der Waals surface area contributed by atoms with Crippen LogP contribution < -0.4 is 10.1 Å². The van der Waals surface area contributed by atoms with E-state index in [4.69, 9.17) is 10.00 Å². The number of carbonyl (C=O) groups is 1. The van der Waals surface area contributed by atoms with Gasteiger partial charge in [-0.2, -0.15) is 10.5 Å². The normalized spacial score (nSPS) is 10.6. The number of benzene rings is 3. The van der Waals surface area contributed by atoms with Crippen LogP contribution in [0.15, 0.2) is 78.4 Å². The van der Waals surface area contributed by atoms with Crippen molar-refractivity contribution in [2.75, 3.05) is 5.32 Å². The van der Waals surface area contributed by atoms with E-state index in [0.717, 1.165) is 11.1 Å². The number of ether oxygens (including phenoxy) is 1. The lowest BCUT2D eigenvalue weighted by atomic mass is 10.1. The molecule has 0 fully saturated rings. The number of carbonyl (C=O) groups excluding carboxylic acids is 1. The van der Waals surface area contributed by atoms with Gasteiger partial charge in [0.15, 0.2) is 0 Å². The Bertz CT molecular complexity index is 1170. The van der Waals surface area contributed by atoms with Gasteiger partial charge in [0.2, 0.25) is 0 Å². The average Bonchev–Trinajstić information content (AvgIpc) is 2.78. The van der Waals surface area contributed by atoms with E-state index in [9.17, 15) is 10.1 Å². The number of nitrogens with zero attached hydrogens (tertiary/aromatic N) is 2. The van der Waals surface area contributed by atoms with Crippen LogP contribution in [-0.2, 0) is 11.4 Å². The van der Waals surface area contributed by atoms with Gasteiger partial charge in [0.1, 0.15) is 24.0 Å². The second-order valence-corrected chi connectivity index (χ2v) is 6.57. The smallest absolute Gasteiger partial charge is 0.266 e. The minimum absolute atomic E-state index is 0.00914. The zero-order chi connectivity index (χ0) is 21.3. The van der Waals surface area contributed by atoms with Crippen LogP contribution in [0, 0.1) is 29.6 Å². The molecule has 0 spiro atoms. The first-order valence-electron chi connectivity index (χ1n) is 9.30. The SMILES string of the molecule is Cc1ccccc1NC(=O)/C(C#N)=C\c1ccc(OCc2ccccc2C#N)cc1. The molecule has 0 aliphatic carbocycles. The lowest BCUT2D eigenvalue weighted by Crippen LogP contribution is -2.14. The van der Waals surface area contributed by atoms with Gasteiger partial charge in [-0.15, -0.1) is 0 Å². The van der Waals surface area contributed by atoms with Crippen molar-refractivity contribution in [3.63, 3.8) is 0 Å². The fourth-order valence-electron chi connectivity index (χ4n) is 2.79. The summed E-state index contributed by atoms with van der Waals surface area (Å²) in [6.07, 6.45) is 1.53. The first-order chi connectivity index (χ1) is 14.6. The van der Waals surface area contributed by atoms with Gasteiger partial charge in [-0.1, -0.05) is 48.5 Å². The molecule has 5 heteroatoms. The number of nitrogens with one attached hydrogen (secondary N) is 1. The van der Waals surface area contributed by atoms with Gasteiger partial charge in [0, 0.05) is 11.3 Å². The fraction of sp³-hybridized carbons (Fsp3) is 0.0800. The van der Waals surface area contributed by atoms with Gasteiger partial charge in [-0.05, 0) is 48.4 Å². The first-order valence-corrected chi connectivity index (χ1v) is 9.30. The van der Waals surface area contributed by atoms with Crippen molar-refractivity contribution in [1.29, 1.82) is 10.5 Å². The van der Waals surface area contributed by atoms with Gasteiger partial charge in [-0.25, -0.2) is 0 Å². The zero-order valence-corrected chi connectivity index (χ0v) is 16.4. The van der Waals surface area contributed by atoms with Crippen molar-refractivity contribution < 1.29 is 9.53 Å². The van der Waals surface area contributed by atoms with Crippen molar-refractivity contribution in [2.24, 2.45) is 0 Å². The van der Waals surface area contributed by atoms with Crippen LogP contribution in [-0.4, -0.2) is 5.91 Å². The quantitative estimate of drug-likeness (QED) is 0.472. The molecule has 0 unspecified atom stereocenters. The Labute approximate surface area is 175 Å².